The summed E-state index contributed by atoms with van der Waals surface area (Å²) in [5.41, 5.74) is 3.40. The van der Waals surface area contributed by atoms with Gasteiger partial charge in [0.05, 0.1) is 24.2 Å². The lowest BCUT2D eigenvalue weighted by atomic mass is 9.99. The zero-order chi connectivity index (χ0) is 41.6. The molecule has 1 aliphatic rings. The molecule has 1 aliphatic heterocycles. The van der Waals surface area contributed by atoms with E-state index in [9.17, 15) is 19.5 Å². The maximum Gasteiger partial charge on any atom is 0.410 e. The van der Waals surface area contributed by atoms with Gasteiger partial charge in [0.25, 0.3) is 0 Å². The molecule has 15 nitrogen and oxygen atoms in total. The summed E-state index contributed by atoms with van der Waals surface area (Å²) in [6.45, 7) is 8.12. The van der Waals surface area contributed by atoms with Gasteiger partial charge >= 0.3 is 18.2 Å². The number of esters is 1. The highest BCUT2D eigenvalue weighted by molar-refractivity contribution is 5.99. The number of pyridine rings is 1. The molecule has 0 unspecified atom stereocenters. The summed E-state index contributed by atoms with van der Waals surface area (Å²) in [6, 6.07) is 20.4. The largest absolute Gasteiger partial charge is 0.507 e. The number of carbonyl (C=O) groups excluding carboxylic acids is 3. The highest BCUT2D eigenvalue weighted by Crippen LogP contribution is 2.41. The summed E-state index contributed by atoms with van der Waals surface area (Å²) in [5, 5.41) is 20.4. The van der Waals surface area contributed by atoms with Gasteiger partial charge < -0.3 is 43.3 Å². The number of azo groups is 1. The second kappa shape index (κ2) is 17.5. The van der Waals surface area contributed by atoms with Crippen molar-refractivity contribution in [2.24, 2.45) is 10.2 Å². The Morgan fingerprint density at radius 1 is 0.862 bits per heavy atom. The van der Waals surface area contributed by atoms with Crippen LogP contribution >= 0.6 is 0 Å². The normalized spacial score (nSPS) is 12.1. The van der Waals surface area contributed by atoms with E-state index >= 15 is 0 Å². The first-order valence-electron chi connectivity index (χ1n) is 18.5. The highest BCUT2D eigenvalue weighted by atomic mass is 16.7. The van der Waals surface area contributed by atoms with Crippen LogP contribution in [0.4, 0.5) is 21.0 Å². The van der Waals surface area contributed by atoms with Crippen LogP contribution in [-0.2, 0) is 22.5 Å². The number of fused-ring (bicyclic) bond motifs is 2. The molecule has 302 valence electrons. The minimum atomic E-state index is -0.840. The fourth-order valence-electron chi connectivity index (χ4n) is 5.85. The Hall–Kier alpha value is -6.90. The predicted octanol–water partition coefficient (Wildman–Crippen LogP) is 8.98. The van der Waals surface area contributed by atoms with Crippen LogP contribution in [0.25, 0.3) is 22.0 Å². The number of hydrogen-bond donors (Lipinski definition) is 1. The van der Waals surface area contributed by atoms with Gasteiger partial charge in [-0.05, 0) is 98.3 Å². The fourth-order valence-corrected chi connectivity index (χ4v) is 5.85. The van der Waals surface area contributed by atoms with Crippen LogP contribution in [0.5, 0.6) is 28.7 Å². The Labute approximate surface area is 335 Å². The zero-order valence-electron chi connectivity index (χ0n) is 33.4. The Bertz CT molecular complexity index is 2360. The molecular weight excluding hydrogens is 746 g/mol. The molecule has 0 saturated carbocycles. The van der Waals surface area contributed by atoms with E-state index in [4.69, 9.17) is 33.4 Å². The van der Waals surface area contributed by atoms with Gasteiger partial charge in [-0.1, -0.05) is 25.1 Å². The Morgan fingerprint density at radius 3 is 2.22 bits per heavy atom. The molecule has 2 heterocycles. The van der Waals surface area contributed by atoms with Crippen molar-refractivity contribution in [2.45, 2.75) is 46.3 Å². The van der Waals surface area contributed by atoms with Crippen molar-refractivity contribution in [3.05, 3.63) is 95.7 Å². The minimum Gasteiger partial charge on any atom is -0.507 e. The second-order valence-electron chi connectivity index (χ2n) is 14.4. The number of hydrogen-bond acceptors (Lipinski definition) is 13. The highest BCUT2D eigenvalue weighted by Gasteiger charge is 2.23. The lowest BCUT2D eigenvalue weighted by Gasteiger charge is -2.26. The summed E-state index contributed by atoms with van der Waals surface area (Å²) in [4.78, 5) is 45.7. The SMILES string of the molecule is CCc1cc2c(cc1-c1cc3ccc(OC)c(OC(=O)c4cc(/N=N/c5ccc(COC(=O)N(C)CCN(C)C(=O)OC(C)(C)C)cc5)ccc4O)c3cn1)OCO2. The third-order valence-corrected chi connectivity index (χ3v) is 9.06. The first kappa shape index (κ1) is 40.8. The summed E-state index contributed by atoms with van der Waals surface area (Å²) >= 11 is 0. The number of phenols is 1. The van der Waals surface area contributed by atoms with E-state index in [1.807, 2.05) is 24.3 Å². The molecule has 0 aliphatic carbocycles. The zero-order valence-corrected chi connectivity index (χ0v) is 33.4. The lowest BCUT2D eigenvalue weighted by Crippen LogP contribution is -2.40. The maximum atomic E-state index is 13.6. The van der Waals surface area contributed by atoms with Gasteiger partial charge in [-0.25, -0.2) is 14.4 Å². The van der Waals surface area contributed by atoms with E-state index < -0.39 is 23.8 Å². The summed E-state index contributed by atoms with van der Waals surface area (Å²) in [7, 11) is 4.65. The first-order valence-corrected chi connectivity index (χ1v) is 18.5. The number of ether oxygens (including phenoxy) is 6. The molecule has 0 radical (unpaired) electrons. The maximum absolute atomic E-state index is 13.6. The van der Waals surface area contributed by atoms with Gasteiger partial charge in [-0.15, -0.1) is 0 Å². The molecule has 1 N–H and O–H groups in total. The number of amides is 2. The molecule has 1 aromatic heterocycles. The van der Waals surface area contributed by atoms with Gasteiger partial charge in [0.15, 0.2) is 23.0 Å². The molecule has 6 rings (SSSR count). The molecule has 2 amide bonds. The molecule has 0 bridgehead atoms. The lowest BCUT2D eigenvalue weighted by molar-refractivity contribution is 0.0281. The number of rotatable bonds is 12. The van der Waals surface area contributed by atoms with Crippen molar-refractivity contribution >= 4 is 40.3 Å². The van der Waals surface area contributed by atoms with E-state index in [1.165, 1.54) is 35.1 Å². The quantitative estimate of drug-likeness (QED) is 0.0727. The van der Waals surface area contributed by atoms with Crippen molar-refractivity contribution < 1.29 is 47.9 Å². The van der Waals surface area contributed by atoms with Gasteiger partial charge in [0.1, 0.15) is 23.5 Å². The van der Waals surface area contributed by atoms with Crippen molar-refractivity contribution in [3.63, 3.8) is 0 Å². The van der Waals surface area contributed by atoms with Crippen LogP contribution in [-0.4, -0.2) is 84.7 Å². The van der Waals surface area contributed by atoms with E-state index in [0.29, 0.717) is 34.0 Å². The number of methoxy groups -OCH3 is 1. The fraction of sp³-hybridized carbons (Fsp3) is 0.302. The van der Waals surface area contributed by atoms with Gasteiger partial charge in [0, 0.05) is 44.3 Å². The van der Waals surface area contributed by atoms with E-state index in [1.54, 1.807) is 71.4 Å². The van der Waals surface area contributed by atoms with Crippen molar-refractivity contribution in [2.75, 3.05) is 41.1 Å². The summed E-state index contributed by atoms with van der Waals surface area (Å²) in [5.74, 6) is 0.644. The number of benzene rings is 4. The van der Waals surface area contributed by atoms with Crippen LogP contribution < -0.4 is 18.9 Å². The van der Waals surface area contributed by atoms with Crippen LogP contribution in [0, 0.1) is 0 Å². The number of carbonyl (C=O) groups is 3. The number of aromatic nitrogens is 1. The van der Waals surface area contributed by atoms with Crippen molar-refractivity contribution in [3.8, 4) is 40.0 Å². The number of aryl methyl sites for hydroxylation is 1. The average Bonchev–Trinajstić information content (AvgIpc) is 3.68. The standard InChI is InChI=1S/C43H45N5O10/c1-8-27-20-37-38(56-25-55-37)22-31(27)34-19-28-11-16-36(53-7)39(33(28)23-44-34)57-40(50)32-21-30(14-15-35(32)49)46-45-29-12-9-26(10-13-29)24-54-41(51)47(5)17-18-48(6)42(52)58-43(2,3)4/h9-16,19-23,49H,8,17-18,24-25H2,1-7H3/b46-45+. The van der Waals surface area contributed by atoms with E-state index in [-0.39, 0.29) is 49.2 Å². The third kappa shape index (κ3) is 9.72. The van der Waals surface area contributed by atoms with E-state index in [0.717, 1.165) is 28.5 Å². The Morgan fingerprint density at radius 2 is 1.53 bits per heavy atom. The molecule has 0 fully saturated rings. The first-order chi connectivity index (χ1) is 27.7. The molecule has 4 aromatic carbocycles. The molecular formula is C43H45N5O10. The molecule has 5 aromatic rings. The van der Waals surface area contributed by atoms with Crippen molar-refractivity contribution in [1.29, 1.82) is 0 Å². The van der Waals surface area contributed by atoms with E-state index in [2.05, 4.69) is 17.2 Å². The van der Waals surface area contributed by atoms with Crippen LogP contribution in [0.15, 0.2) is 89.2 Å². The topological polar surface area (TPSA) is 171 Å². The Balaban J connectivity index is 1.09. The number of aromatic hydroxyl groups is 1. The van der Waals surface area contributed by atoms with Gasteiger partial charge in [0.2, 0.25) is 6.79 Å². The van der Waals surface area contributed by atoms with Crippen molar-refractivity contribution in [1.82, 2.24) is 14.8 Å². The second-order valence-corrected chi connectivity index (χ2v) is 14.4. The molecule has 15 heteroatoms. The van der Waals surface area contributed by atoms with Crippen LogP contribution in [0.2, 0.25) is 0 Å². The molecule has 0 saturated heterocycles. The monoisotopic (exact) mass is 791 g/mol. The minimum absolute atomic E-state index is 0.0182. The van der Waals surface area contributed by atoms with Crippen LogP contribution in [0.3, 0.4) is 0 Å². The third-order valence-electron chi connectivity index (χ3n) is 9.06. The smallest absolute Gasteiger partial charge is 0.410 e. The average molecular weight is 792 g/mol. The Kier molecular flexibility index (Phi) is 12.3. The number of nitrogens with zero attached hydrogens (tertiary/aromatic N) is 5. The number of likely N-dealkylation sites (N-methyl/N-ethyl adjacent to an activating group) is 2. The summed E-state index contributed by atoms with van der Waals surface area (Å²) in [6.07, 6.45) is 1.35. The molecule has 0 atom stereocenters. The summed E-state index contributed by atoms with van der Waals surface area (Å²) < 4.78 is 33.3. The molecule has 0 spiro atoms. The predicted molar refractivity (Wildman–Crippen MR) is 215 cm³/mol. The molecule has 58 heavy (non-hydrogen) atoms. The van der Waals surface area contributed by atoms with Gasteiger partial charge in [-0.3, -0.25) is 4.98 Å². The van der Waals surface area contributed by atoms with Gasteiger partial charge in [-0.2, -0.15) is 10.2 Å². The number of phenolic OH excluding ortho intramolecular Hbond substituents is 1. The van der Waals surface area contributed by atoms with Crippen LogP contribution in [0.1, 0.15) is 49.2 Å².